The topological polar surface area (TPSA) is 108 Å². The van der Waals surface area contributed by atoms with Crippen LogP contribution in [0.5, 0.6) is 0 Å². The van der Waals surface area contributed by atoms with Crippen LogP contribution in [0.4, 0.5) is 0 Å². The number of unbranched alkanes of at least 4 members (excludes halogenated alkanes) is 29. The zero-order valence-electron chi connectivity index (χ0n) is 61.1. The summed E-state index contributed by atoms with van der Waals surface area (Å²) in [6.45, 7) is 4.22. The summed E-state index contributed by atoms with van der Waals surface area (Å²) in [6, 6.07) is 0. The molecule has 0 aliphatic rings. The lowest BCUT2D eigenvalue weighted by atomic mass is 10.0. The van der Waals surface area contributed by atoms with Crippen LogP contribution in [0, 0.1) is 0 Å². The predicted octanol–water partition coefficient (Wildman–Crippen LogP) is 25.5. The molecule has 0 aromatic rings. The van der Waals surface area contributed by atoms with Crippen LogP contribution in [0.3, 0.4) is 0 Å². The van der Waals surface area contributed by atoms with Gasteiger partial charge in [-0.2, -0.15) is 0 Å². The van der Waals surface area contributed by atoms with Crippen LogP contribution in [0.15, 0.2) is 158 Å². The SMILES string of the molecule is CC/C=C\C/C=C\C/C=C\C/C=C\C/C=C\C/C=C\C/C=C\C/C=C\C/C=C\CCCCCCCCCCCC(=O)OC(COC(=O)CCCCCCCCCCCCCCCCCCCCCC/C=C\C/C=C\C/C=C\C/C=C\CC)COP(=O)(O)OCC[N+](C)(C)C. The second kappa shape index (κ2) is 72.9. The van der Waals surface area contributed by atoms with E-state index in [0.29, 0.717) is 17.4 Å². The number of phosphoric acid groups is 1. The molecule has 0 aliphatic heterocycles. The molecule has 2 atom stereocenters. The van der Waals surface area contributed by atoms with Crippen LogP contribution in [-0.2, 0) is 32.7 Å². The monoisotopic (exact) mass is 1330 g/mol. The van der Waals surface area contributed by atoms with Crippen LogP contribution < -0.4 is 0 Å². The summed E-state index contributed by atoms with van der Waals surface area (Å²) in [5.41, 5.74) is 0. The molecular weight excluding hydrogens is 1180 g/mol. The van der Waals surface area contributed by atoms with Crippen LogP contribution in [0.2, 0.25) is 0 Å². The molecule has 0 bridgehead atoms. The molecular formula is C84H143NO8P+. The smallest absolute Gasteiger partial charge is 0.462 e. The van der Waals surface area contributed by atoms with Crippen molar-refractivity contribution in [1.29, 1.82) is 0 Å². The summed E-state index contributed by atoms with van der Waals surface area (Å²) in [4.78, 5) is 36.0. The van der Waals surface area contributed by atoms with Gasteiger partial charge in [-0.3, -0.25) is 18.6 Å². The van der Waals surface area contributed by atoms with Gasteiger partial charge >= 0.3 is 19.8 Å². The lowest BCUT2D eigenvalue weighted by Crippen LogP contribution is -2.37. The predicted molar refractivity (Wildman–Crippen MR) is 408 cm³/mol. The Bertz CT molecular complexity index is 2150. The van der Waals surface area contributed by atoms with Crippen LogP contribution >= 0.6 is 7.82 Å². The number of nitrogens with zero attached hydrogens (tertiary/aromatic N) is 1. The molecule has 0 aliphatic carbocycles. The Balaban J connectivity index is 4.05. The van der Waals surface area contributed by atoms with E-state index in [2.05, 4.69) is 172 Å². The van der Waals surface area contributed by atoms with Crippen molar-refractivity contribution in [1.82, 2.24) is 0 Å². The van der Waals surface area contributed by atoms with Gasteiger partial charge in [-0.25, -0.2) is 4.57 Å². The Hall–Kier alpha value is -4.37. The van der Waals surface area contributed by atoms with E-state index in [1.165, 1.54) is 148 Å². The van der Waals surface area contributed by atoms with E-state index in [-0.39, 0.29) is 32.0 Å². The van der Waals surface area contributed by atoms with E-state index in [1.54, 1.807) is 0 Å². The maximum absolute atomic E-state index is 12.9. The molecule has 0 aromatic heterocycles. The molecule has 0 spiro atoms. The molecule has 536 valence electrons. The molecule has 0 radical (unpaired) electrons. The first-order valence-corrected chi connectivity index (χ1v) is 39.7. The summed E-state index contributed by atoms with van der Waals surface area (Å²) in [5, 5.41) is 0. The summed E-state index contributed by atoms with van der Waals surface area (Å²) in [6.07, 6.45) is 109. The fraction of sp³-hybridized carbons (Fsp3) is 0.667. The van der Waals surface area contributed by atoms with Gasteiger partial charge in [0.2, 0.25) is 0 Å². The molecule has 2 unspecified atom stereocenters. The number of phosphoric ester groups is 1. The second-order valence-electron chi connectivity index (χ2n) is 26.3. The zero-order chi connectivity index (χ0) is 68.3. The molecule has 0 saturated heterocycles. The van der Waals surface area contributed by atoms with Crippen molar-refractivity contribution in [3.05, 3.63) is 158 Å². The Morgan fingerprint density at radius 2 is 0.574 bits per heavy atom. The lowest BCUT2D eigenvalue weighted by Gasteiger charge is -2.24. The van der Waals surface area contributed by atoms with Crippen LogP contribution in [-0.4, -0.2) is 74.9 Å². The highest BCUT2D eigenvalue weighted by Crippen LogP contribution is 2.43. The number of carbonyl (C=O) groups excluding carboxylic acids is 2. The molecule has 9 nitrogen and oxygen atoms in total. The molecule has 1 N–H and O–H groups in total. The molecule has 0 fully saturated rings. The highest BCUT2D eigenvalue weighted by Gasteiger charge is 2.27. The Kier molecular flexibility index (Phi) is 69.5. The number of hydrogen-bond acceptors (Lipinski definition) is 7. The molecule has 10 heteroatoms. The maximum Gasteiger partial charge on any atom is 0.472 e. The molecule has 0 rings (SSSR count). The quantitative estimate of drug-likeness (QED) is 0.0211. The van der Waals surface area contributed by atoms with Crippen molar-refractivity contribution >= 4 is 19.8 Å². The fourth-order valence-corrected chi connectivity index (χ4v) is 11.0. The number of rotatable bonds is 69. The molecule has 0 aromatic carbocycles. The number of esters is 2. The van der Waals surface area contributed by atoms with Gasteiger partial charge in [0.05, 0.1) is 27.7 Å². The summed E-state index contributed by atoms with van der Waals surface area (Å²) < 4.78 is 34.8. The molecule has 0 saturated carbocycles. The van der Waals surface area contributed by atoms with Gasteiger partial charge in [0.15, 0.2) is 6.10 Å². The standard InChI is InChI=1S/C84H142NO8P/c1-6-8-10-12-14-16-18-20-22-24-26-28-30-32-34-36-38-40-41-42-43-45-47-49-51-53-55-57-59-61-63-65-67-69-71-73-75-77-84(87)93-82(81-92-94(88,89)91-79-78-85(3,4)5)80-90-83(86)76-74-72-70-68-66-64-62-60-58-56-54-52-50-48-46-44-39-37-35-33-31-29-27-25-23-21-19-17-15-13-11-9-7-2/h8-11,14-17,20-23,26-29,32,34,38,40,42-43,47,49,53,55,82H,6-7,12-13,18-19,24-25,30-31,33,35-37,39,41,44-46,48,50-52,54,56-81H2,1-5H3/p+1/b10-8-,11-9-,16-14-,17-15-,22-20-,23-21-,28-26-,29-27-,34-32-,40-38-,43-42-,49-47-,55-53-. The van der Waals surface area contributed by atoms with E-state index in [9.17, 15) is 19.0 Å². The first-order chi connectivity index (χ1) is 46.0. The van der Waals surface area contributed by atoms with Gasteiger partial charge in [0, 0.05) is 12.8 Å². The normalized spacial score (nSPS) is 14.0. The van der Waals surface area contributed by atoms with Gasteiger partial charge in [-0.05, 0) is 122 Å². The minimum Gasteiger partial charge on any atom is -0.462 e. The van der Waals surface area contributed by atoms with E-state index >= 15 is 0 Å². The number of quaternary nitrogens is 1. The minimum atomic E-state index is -4.41. The lowest BCUT2D eigenvalue weighted by molar-refractivity contribution is -0.870. The third-order valence-electron chi connectivity index (χ3n) is 16.1. The van der Waals surface area contributed by atoms with E-state index < -0.39 is 26.5 Å². The summed E-state index contributed by atoms with van der Waals surface area (Å²) in [7, 11) is 1.46. The number of likely N-dealkylation sites (N-methyl/N-ethyl adjacent to an activating group) is 1. The zero-order valence-corrected chi connectivity index (χ0v) is 62.0. The van der Waals surface area contributed by atoms with Gasteiger partial charge in [0.1, 0.15) is 19.8 Å². The highest BCUT2D eigenvalue weighted by molar-refractivity contribution is 7.47. The van der Waals surface area contributed by atoms with Gasteiger partial charge in [-0.1, -0.05) is 332 Å². The van der Waals surface area contributed by atoms with Gasteiger partial charge in [0.25, 0.3) is 0 Å². The van der Waals surface area contributed by atoms with Crippen molar-refractivity contribution in [3.63, 3.8) is 0 Å². The third kappa shape index (κ3) is 76.6. The van der Waals surface area contributed by atoms with Crippen molar-refractivity contribution < 1.29 is 42.1 Å². The first-order valence-electron chi connectivity index (χ1n) is 38.2. The third-order valence-corrected chi connectivity index (χ3v) is 17.0. The minimum absolute atomic E-state index is 0.0247. The highest BCUT2D eigenvalue weighted by atomic mass is 31.2. The van der Waals surface area contributed by atoms with Crippen molar-refractivity contribution in [2.75, 3.05) is 47.5 Å². The van der Waals surface area contributed by atoms with Crippen molar-refractivity contribution in [3.8, 4) is 0 Å². The molecule has 0 amide bonds. The fourth-order valence-electron chi connectivity index (χ4n) is 10.3. The average Bonchev–Trinajstić information content (AvgIpc) is 1.56. The Morgan fingerprint density at radius 3 is 0.851 bits per heavy atom. The van der Waals surface area contributed by atoms with Crippen molar-refractivity contribution in [2.24, 2.45) is 0 Å². The largest absolute Gasteiger partial charge is 0.472 e. The van der Waals surface area contributed by atoms with Gasteiger partial charge < -0.3 is 18.9 Å². The number of allylic oxidation sites excluding steroid dienone is 26. The van der Waals surface area contributed by atoms with Crippen molar-refractivity contribution in [2.45, 2.75) is 315 Å². The van der Waals surface area contributed by atoms with E-state index in [0.717, 1.165) is 128 Å². The first kappa shape index (κ1) is 89.6. The maximum atomic E-state index is 12.9. The molecule has 0 heterocycles. The Labute approximate surface area is 579 Å². The second-order valence-corrected chi connectivity index (χ2v) is 27.7. The number of hydrogen-bond donors (Lipinski definition) is 1. The van der Waals surface area contributed by atoms with Crippen LogP contribution in [0.25, 0.3) is 0 Å². The number of carbonyl (C=O) groups is 2. The van der Waals surface area contributed by atoms with Crippen LogP contribution in [0.1, 0.15) is 309 Å². The summed E-state index contributed by atoms with van der Waals surface area (Å²) in [5.74, 6) is -0.802. The molecule has 94 heavy (non-hydrogen) atoms. The summed E-state index contributed by atoms with van der Waals surface area (Å²) >= 11 is 0. The van der Waals surface area contributed by atoms with E-state index in [4.69, 9.17) is 18.5 Å². The Morgan fingerprint density at radius 1 is 0.330 bits per heavy atom. The van der Waals surface area contributed by atoms with Gasteiger partial charge in [-0.15, -0.1) is 0 Å². The average molecular weight is 1330 g/mol. The number of ether oxygens (including phenoxy) is 2. The van der Waals surface area contributed by atoms with E-state index in [1.807, 2.05) is 21.1 Å².